The molecule has 10 atom stereocenters. The number of rotatable bonds is 5. The lowest BCUT2D eigenvalue weighted by atomic mass is 9.57. The number of allylic oxidation sites excluding steroid dienone is 32. The molecular formula is C63H66. The smallest absolute Gasteiger partial charge is 0.0134 e. The zero-order chi connectivity index (χ0) is 42.2. The van der Waals surface area contributed by atoms with Crippen molar-refractivity contribution in [2.45, 2.75) is 104 Å². The third-order valence-electron chi connectivity index (χ3n) is 17.6. The number of hydrogen-bond acceptors (Lipinski definition) is 0. The Bertz CT molecular complexity index is 2630. The molecule has 0 saturated heterocycles. The van der Waals surface area contributed by atoms with Crippen molar-refractivity contribution in [2.75, 3.05) is 0 Å². The Hall–Kier alpha value is -4.94. The maximum absolute atomic E-state index is 2.80. The predicted molar refractivity (Wildman–Crippen MR) is 264 cm³/mol. The van der Waals surface area contributed by atoms with E-state index in [0.717, 1.165) is 44.9 Å². The zero-order valence-electron chi connectivity index (χ0n) is 38.0. The molecule has 0 amide bonds. The van der Waals surface area contributed by atoms with Gasteiger partial charge in [0.25, 0.3) is 0 Å². The highest BCUT2D eigenvalue weighted by molar-refractivity contribution is 5.68. The van der Waals surface area contributed by atoms with Crippen LogP contribution in [0.5, 0.6) is 0 Å². The van der Waals surface area contributed by atoms with Crippen molar-refractivity contribution in [1.29, 1.82) is 0 Å². The van der Waals surface area contributed by atoms with Crippen LogP contribution in [0.3, 0.4) is 0 Å². The van der Waals surface area contributed by atoms with Crippen molar-refractivity contribution in [3.63, 3.8) is 0 Å². The maximum Gasteiger partial charge on any atom is 0.0134 e. The van der Waals surface area contributed by atoms with Gasteiger partial charge in [-0.1, -0.05) is 160 Å². The quantitative estimate of drug-likeness (QED) is 0.260. The standard InChI is InChI=1S/C63H66/c1-39-19-13-14-26-45(39)57-38-59-49-30-18-16-28-47(49)53(43-22-9-5-10-23-43)36-63(59)61-34-51(40(2)31-55(57)61)50-33-60-54(44-24-11-6-12-25-44)37-58-48-29-17-15-27-46(48)52(42-20-7-4-8-21-42)35-62(58)56(60)32-41(50)3/h4,6-9,11-12,14-15,17-18,20,22-26,29-30,33-34,36,38-42,45-46,52,54,59,63H,5,10,13,16,19,21,27-28,31-32,35,37H2,1-3H3. The van der Waals surface area contributed by atoms with E-state index in [1.54, 1.807) is 66.9 Å². The van der Waals surface area contributed by atoms with Crippen molar-refractivity contribution >= 4 is 0 Å². The van der Waals surface area contributed by atoms with Gasteiger partial charge in [-0.15, -0.1) is 0 Å². The van der Waals surface area contributed by atoms with Gasteiger partial charge in [-0.3, -0.25) is 0 Å². The first-order valence-electron chi connectivity index (χ1n) is 25.2. The van der Waals surface area contributed by atoms with Gasteiger partial charge in [0.2, 0.25) is 0 Å². The molecule has 0 saturated carbocycles. The molecule has 63 heavy (non-hydrogen) atoms. The van der Waals surface area contributed by atoms with Crippen molar-refractivity contribution in [3.05, 3.63) is 223 Å². The van der Waals surface area contributed by atoms with Crippen LogP contribution < -0.4 is 0 Å². The molecule has 11 aliphatic carbocycles. The van der Waals surface area contributed by atoms with Crippen LogP contribution in [0.2, 0.25) is 0 Å². The molecule has 0 nitrogen and oxygen atoms in total. The van der Waals surface area contributed by atoms with E-state index in [1.165, 1.54) is 48.8 Å². The molecule has 1 aromatic carbocycles. The summed E-state index contributed by atoms with van der Waals surface area (Å²) in [6, 6.07) is 11.6. The highest BCUT2D eigenvalue weighted by atomic mass is 14.5. The lowest BCUT2D eigenvalue weighted by Crippen LogP contribution is -2.34. The van der Waals surface area contributed by atoms with Gasteiger partial charge in [0, 0.05) is 23.7 Å². The minimum atomic E-state index is 0.365. The molecule has 12 rings (SSSR count). The van der Waals surface area contributed by atoms with Gasteiger partial charge in [0.15, 0.2) is 0 Å². The Morgan fingerprint density at radius 1 is 0.540 bits per heavy atom. The maximum atomic E-state index is 2.80. The fourth-order valence-corrected chi connectivity index (χ4v) is 14.5. The van der Waals surface area contributed by atoms with Crippen LogP contribution in [0.25, 0.3) is 0 Å². The van der Waals surface area contributed by atoms with Gasteiger partial charge in [-0.25, -0.2) is 0 Å². The van der Waals surface area contributed by atoms with Crippen molar-refractivity contribution < 1.29 is 0 Å². The molecule has 318 valence electrons. The Morgan fingerprint density at radius 2 is 1.35 bits per heavy atom. The average molecular weight is 823 g/mol. The second-order valence-electron chi connectivity index (χ2n) is 21.2. The fourth-order valence-electron chi connectivity index (χ4n) is 14.5. The van der Waals surface area contributed by atoms with Crippen molar-refractivity contribution in [2.24, 2.45) is 53.3 Å². The Kier molecular flexibility index (Phi) is 10.2. The van der Waals surface area contributed by atoms with E-state index in [9.17, 15) is 0 Å². The first kappa shape index (κ1) is 39.6. The van der Waals surface area contributed by atoms with Gasteiger partial charge < -0.3 is 0 Å². The molecule has 0 spiro atoms. The van der Waals surface area contributed by atoms with E-state index in [1.807, 2.05) is 0 Å². The highest BCUT2D eigenvalue weighted by Gasteiger charge is 2.45. The molecule has 10 unspecified atom stereocenters. The molecule has 0 heterocycles. The summed E-state index contributed by atoms with van der Waals surface area (Å²) in [5.41, 5.74) is 24.3. The van der Waals surface area contributed by atoms with Crippen LogP contribution in [0.1, 0.15) is 109 Å². The van der Waals surface area contributed by atoms with Gasteiger partial charge >= 0.3 is 0 Å². The van der Waals surface area contributed by atoms with Crippen LogP contribution in [-0.4, -0.2) is 0 Å². The largest absolute Gasteiger partial charge is 0.0879 e. The SMILES string of the molecule is CC1CC2=C(C=C1C1=CC3=C(CC1C)C(C1C=CCCC1C)=CC1C4=C(CCC=C4)C(C4=CCCC=C4)=CC31)C(c1ccccc1)CC1=C2CC(C2C=CC=CC2)C2CC=CC=C12. The summed E-state index contributed by atoms with van der Waals surface area (Å²) in [4.78, 5) is 0. The van der Waals surface area contributed by atoms with E-state index < -0.39 is 0 Å². The summed E-state index contributed by atoms with van der Waals surface area (Å²) in [7, 11) is 0. The summed E-state index contributed by atoms with van der Waals surface area (Å²) in [6.07, 6.45) is 59.6. The van der Waals surface area contributed by atoms with Crippen molar-refractivity contribution in [3.8, 4) is 0 Å². The minimum absolute atomic E-state index is 0.365. The predicted octanol–water partition coefficient (Wildman–Crippen LogP) is 16.3. The highest BCUT2D eigenvalue weighted by Crippen LogP contribution is 2.59. The molecule has 0 bridgehead atoms. The van der Waals surface area contributed by atoms with E-state index in [4.69, 9.17) is 0 Å². The average Bonchev–Trinajstić information content (AvgIpc) is 3.33. The van der Waals surface area contributed by atoms with Gasteiger partial charge in [-0.2, -0.15) is 0 Å². The summed E-state index contributed by atoms with van der Waals surface area (Å²) in [5, 5.41) is 0. The Morgan fingerprint density at radius 3 is 2.16 bits per heavy atom. The molecule has 0 aromatic heterocycles. The van der Waals surface area contributed by atoms with E-state index >= 15 is 0 Å². The molecule has 11 aliphatic rings. The lowest BCUT2D eigenvalue weighted by Gasteiger charge is -2.47. The van der Waals surface area contributed by atoms with Gasteiger partial charge in [0.1, 0.15) is 0 Å². The van der Waals surface area contributed by atoms with Gasteiger partial charge in [-0.05, 0) is 196 Å². The summed E-state index contributed by atoms with van der Waals surface area (Å²) < 4.78 is 0. The van der Waals surface area contributed by atoms with Crippen LogP contribution in [-0.2, 0) is 0 Å². The Labute approximate surface area is 378 Å². The monoisotopic (exact) mass is 823 g/mol. The molecule has 0 aliphatic heterocycles. The normalized spacial score (nSPS) is 35.3. The molecule has 0 radical (unpaired) electrons. The summed E-state index contributed by atoms with van der Waals surface area (Å²) in [5.74, 6) is 5.16. The molecule has 0 fully saturated rings. The van der Waals surface area contributed by atoms with Crippen molar-refractivity contribution in [1.82, 2.24) is 0 Å². The molecule has 0 heteroatoms. The molecule has 0 N–H and O–H groups in total. The number of fused-ring (bicyclic) bond motifs is 6. The first-order valence-corrected chi connectivity index (χ1v) is 25.2. The first-order chi connectivity index (χ1) is 31.0. The second kappa shape index (κ2) is 16.2. The number of hydrogen-bond donors (Lipinski definition) is 0. The third kappa shape index (κ3) is 6.75. The zero-order valence-corrected chi connectivity index (χ0v) is 38.0. The fraction of sp³-hybridized carbons (Fsp3) is 0.397. The minimum Gasteiger partial charge on any atom is -0.0879 e. The van der Waals surface area contributed by atoms with Crippen LogP contribution >= 0.6 is 0 Å². The van der Waals surface area contributed by atoms with Crippen LogP contribution in [0.15, 0.2) is 218 Å². The van der Waals surface area contributed by atoms with Gasteiger partial charge in [0.05, 0.1) is 0 Å². The number of benzene rings is 1. The summed E-state index contributed by atoms with van der Waals surface area (Å²) in [6.45, 7) is 7.67. The third-order valence-corrected chi connectivity index (χ3v) is 17.6. The Balaban J connectivity index is 1.01. The summed E-state index contributed by atoms with van der Waals surface area (Å²) >= 11 is 0. The molecule has 1 aromatic rings. The van der Waals surface area contributed by atoms with E-state index in [0.29, 0.717) is 59.2 Å². The van der Waals surface area contributed by atoms with Crippen LogP contribution in [0.4, 0.5) is 0 Å². The topological polar surface area (TPSA) is 0 Å². The molecular weight excluding hydrogens is 757 g/mol. The van der Waals surface area contributed by atoms with E-state index in [-0.39, 0.29) is 0 Å². The lowest BCUT2D eigenvalue weighted by molar-refractivity contribution is 0.278. The van der Waals surface area contributed by atoms with Crippen LogP contribution in [0, 0.1) is 53.3 Å². The second-order valence-corrected chi connectivity index (χ2v) is 21.2. The van der Waals surface area contributed by atoms with E-state index in [2.05, 4.69) is 160 Å².